The molecule has 1 aromatic heterocycles. The zero-order valence-electron chi connectivity index (χ0n) is 10.9. The third-order valence-corrected chi connectivity index (χ3v) is 3.37. The Labute approximate surface area is 123 Å². The first-order chi connectivity index (χ1) is 9.99. The van der Waals surface area contributed by atoms with Crippen LogP contribution in [0.3, 0.4) is 0 Å². The lowest BCUT2D eigenvalue weighted by atomic mass is 10.2. The molecule has 0 radical (unpaired) electrons. The normalized spacial score (nSPS) is 12.8. The first-order valence-electron chi connectivity index (χ1n) is 6.25. The van der Waals surface area contributed by atoms with Gasteiger partial charge in [0.25, 0.3) is 0 Å². The Bertz CT molecular complexity index is 827. The van der Waals surface area contributed by atoms with Crippen molar-refractivity contribution in [3.8, 4) is 5.69 Å². The van der Waals surface area contributed by atoms with Crippen LogP contribution in [-0.4, -0.2) is 9.55 Å². The number of rotatable bonds is 2. The van der Waals surface area contributed by atoms with Gasteiger partial charge in [-0.25, -0.2) is 18.2 Å². The quantitative estimate of drug-likeness (QED) is 0.625. The van der Waals surface area contributed by atoms with E-state index in [0.717, 1.165) is 12.1 Å². The van der Waals surface area contributed by atoms with Crippen molar-refractivity contribution in [2.75, 3.05) is 0 Å². The number of aromatic nitrogens is 2. The maximum absolute atomic E-state index is 13.8. The van der Waals surface area contributed by atoms with E-state index in [0.29, 0.717) is 17.0 Å². The molecule has 1 atom stereocenters. The van der Waals surface area contributed by atoms with Gasteiger partial charge in [-0.05, 0) is 31.2 Å². The largest absolute Gasteiger partial charge is 0.295 e. The Balaban J connectivity index is 2.36. The Kier molecular flexibility index (Phi) is 3.37. The molecule has 0 N–H and O–H groups in total. The highest BCUT2D eigenvalue weighted by Crippen LogP contribution is 2.29. The molecule has 0 spiro atoms. The van der Waals surface area contributed by atoms with E-state index < -0.39 is 22.8 Å². The van der Waals surface area contributed by atoms with Crippen LogP contribution in [0, 0.1) is 17.5 Å². The Morgan fingerprint density at radius 1 is 1.05 bits per heavy atom. The first kappa shape index (κ1) is 13.9. The van der Waals surface area contributed by atoms with E-state index in [1.165, 1.54) is 22.8 Å². The molecule has 1 unspecified atom stereocenters. The SMILES string of the molecule is CC(Cl)c1nc2c(F)cccc2n1-c1ccc(F)c(F)c1. The number of imidazole rings is 1. The van der Waals surface area contributed by atoms with Crippen LogP contribution in [0.15, 0.2) is 36.4 Å². The molecule has 1 heterocycles. The number of halogens is 4. The van der Waals surface area contributed by atoms with Gasteiger partial charge in [0.05, 0.1) is 16.6 Å². The lowest BCUT2D eigenvalue weighted by molar-refractivity contribution is 0.508. The molecule has 0 aliphatic rings. The summed E-state index contributed by atoms with van der Waals surface area (Å²) >= 11 is 6.08. The lowest BCUT2D eigenvalue weighted by Crippen LogP contribution is -2.02. The van der Waals surface area contributed by atoms with Crippen LogP contribution in [0.1, 0.15) is 18.1 Å². The second-order valence-electron chi connectivity index (χ2n) is 4.63. The molecule has 0 bridgehead atoms. The highest BCUT2D eigenvalue weighted by Gasteiger charge is 2.19. The first-order valence-corrected chi connectivity index (χ1v) is 6.69. The summed E-state index contributed by atoms with van der Waals surface area (Å²) in [4.78, 5) is 4.18. The van der Waals surface area contributed by atoms with Gasteiger partial charge in [0.15, 0.2) is 17.5 Å². The van der Waals surface area contributed by atoms with E-state index in [2.05, 4.69) is 4.98 Å². The second-order valence-corrected chi connectivity index (χ2v) is 5.28. The topological polar surface area (TPSA) is 17.8 Å². The number of hydrogen-bond acceptors (Lipinski definition) is 1. The molecule has 3 rings (SSSR count). The van der Waals surface area contributed by atoms with E-state index >= 15 is 0 Å². The van der Waals surface area contributed by atoms with Gasteiger partial charge in [-0.15, -0.1) is 11.6 Å². The third-order valence-electron chi connectivity index (χ3n) is 3.18. The van der Waals surface area contributed by atoms with Crippen LogP contribution < -0.4 is 0 Å². The highest BCUT2D eigenvalue weighted by molar-refractivity contribution is 6.20. The molecule has 0 saturated heterocycles. The van der Waals surface area contributed by atoms with Gasteiger partial charge in [-0.2, -0.15) is 0 Å². The molecule has 0 fully saturated rings. The molecular weight excluding hydrogens is 301 g/mol. The van der Waals surface area contributed by atoms with E-state index in [1.807, 2.05) is 0 Å². The highest BCUT2D eigenvalue weighted by atomic mass is 35.5. The minimum atomic E-state index is -0.987. The molecule has 108 valence electrons. The maximum atomic E-state index is 13.8. The van der Waals surface area contributed by atoms with E-state index in [-0.39, 0.29) is 5.52 Å². The lowest BCUT2D eigenvalue weighted by Gasteiger charge is -2.10. The maximum Gasteiger partial charge on any atom is 0.160 e. The van der Waals surface area contributed by atoms with Crippen LogP contribution in [0.5, 0.6) is 0 Å². The predicted molar refractivity (Wildman–Crippen MR) is 75.2 cm³/mol. The molecule has 6 heteroatoms. The van der Waals surface area contributed by atoms with Crippen LogP contribution in [0.4, 0.5) is 13.2 Å². The number of hydrogen-bond donors (Lipinski definition) is 0. The summed E-state index contributed by atoms with van der Waals surface area (Å²) in [6.07, 6.45) is 0. The van der Waals surface area contributed by atoms with E-state index in [4.69, 9.17) is 11.6 Å². The van der Waals surface area contributed by atoms with Crippen molar-refractivity contribution in [3.63, 3.8) is 0 Å². The summed E-state index contributed by atoms with van der Waals surface area (Å²) in [6.45, 7) is 1.68. The Morgan fingerprint density at radius 2 is 1.81 bits per heavy atom. The Hall–Kier alpha value is -2.01. The van der Waals surface area contributed by atoms with Gasteiger partial charge >= 0.3 is 0 Å². The average Bonchev–Trinajstić information content (AvgIpc) is 2.83. The standard InChI is InChI=1S/C15H10ClF3N2/c1-8(16)15-20-14-11(18)3-2-4-13(14)21(15)9-5-6-10(17)12(19)7-9/h2-8H,1H3. The van der Waals surface area contributed by atoms with Crippen molar-refractivity contribution in [3.05, 3.63) is 59.7 Å². The summed E-state index contributed by atoms with van der Waals surface area (Å²) in [5.74, 6) is -2.07. The minimum absolute atomic E-state index is 0.143. The fraction of sp³-hybridized carbons (Fsp3) is 0.133. The van der Waals surface area contributed by atoms with Crippen LogP contribution in [0.25, 0.3) is 16.7 Å². The molecular formula is C15H10ClF3N2. The molecule has 3 aromatic rings. The number of nitrogens with zero attached hydrogens (tertiary/aromatic N) is 2. The molecule has 2 nitrogen and oxygen atoms in total. The molecule has 0 aliphatic heterocycles. The summed E-state index contributed by atoms with van der Waals surface area (Å²) in [5, 5.41) is -0.523. The fourth-order valence-corrected chi connectivity index (χ4v) is 2.39. The van der Waals surface area contributed by atoms with Gasteiger partial charge in [0.1, 0.15) is 11.3 Å². The number of alkyl halides is 1. The molecule has 0 saturated carbocycles. The van der Waals surface area contributed by atoms with Crippen LogP contribution in [0.2, 0.25) is 0 Å². The number of para-hydroxylation sites is 1. The minimum Gasteiger partial charge on any atom is -0.295 e. The fourth-order valence-electron chi connectivity index (χ4n) is 2.25. The number of benzene rings is 2. The van der Waals surface area contributed by atoms with Gasteiger partial charge < -0.3 is 0 Å². The summed E-state index contributed by atoms with van der Waals surface area (Å²) in [5.41, 5.74) is 0.928. The average molecular weight is 311 g/mol. The Morgan fingerprint density at radius 3 is 2.48 bits per heavy atom. The van der Waals surface area contributed by atoms with Crippen molar-refractivity contribution >= 4 is 22.6 Å². The van der Waals surface area contributed by atoms with Crippen molar-refractivity contribution in [2.24, 2.45) is 0 Å². The molecule has 0 amide bonds. The van der Waals surface area contributed by atoms with Crippen molar-refractivity contribution in [1.82, 2.24) is 9.55 Å². The third kappa shape index (κ3) is 2.27. The summed E-state index contributed by atoms with van der Waals surface area (Å²) in [7, 11) is 0. The van der Waals surface area contributed by atoms with Gasteiger partial charge in [0, 0.05) is 6.07 Å². The summed E-state index contributed by atoms with van der Waals surface area (Å²) < 4.78 is 41.9. The predicted octanol–water partition coefficient (Wildman–Crippen LogP) is 4.74. The van der Waals surface area contributed by atoms with Crippen molar-refractivity contribution < 1.29 is 13.2 Å². The van der Waals surface area contributed by atoms with Gasteiger partial charge in [-0.1, -0.05) is 6.07 Å². The molecule has 21 heavy (non-hydrogen) atoms. The molecule has 2 aromatic carbocycles. The monoisotopic (exact) mass is 310 g/mol. The van der Waals surface area contributed by atoms with Gasteiger partial charge in [-0.3, -0.25) is 4.57 Å². The zero-order chi connectivity index (χ0) is 15.1. The van der Waals surface area contributed by atoms with Gasteiger partial charge in [0.2, 0.25) is 0 Å². The zero-order valence-corrected chi connectivity index (χ0v) is 11.7. The van der Waals surface area contributed by atoms with E-state index in [1.54, 1.807) is 13.0 Å². The molecule has 0 aliphatic carbocycles. The van der Waals surface area contributed by atoms with E-state index in [9.17, 15) is 13.2 Å². The second kappa shape index (κ2) is 5.07. The van der Waals surface area contributed by atoms with Crippen LogP contribution in [-0.2, 0) is 0 Å². The smallest absolute Gasteiger partial charge is 0.160 e. The summed E-state index contributed by atoms with van der Waals surface area (Å²) in [6, 6.07) is 7.90. The van der Waals surface area contributed by atoms with Crippen molar-refractivity contribution in [2.45, 2.75) is 12.3 Å². The van der Waals surface area contributed by atoms with Crippen LogP contribution >= 0.6 is 11.6 Å². The number of fused-ring (bicyclic) bond motifs is 1. The van der Waals surface area contributed by atoms with Crippen molar-refractivity contribution in [1.29, 1.82) is 0 Å².